The highest BCUT2D eigenvalue weighted by atomic mass is 16.6. The standard InChI is InChI=1S/C27H31NO5/c1-5-6-13-28-23(17-7-10-19(11-8-17)27(2,3)4)22(25(30)26(28)31)24(29)18-9-12-20-21(16-18)33-15-14-32-20/h7-12,16,23,29H,5-6,13-15H2,1-4H3/b24-22-. The van der Waals surface area contributed by atoms with Crippen LogP contribution in [-0.4, -0.2) is 41.5 Å². The van der Waals surface area contributed by atoms with Gasteiger partial charge in [0.05, 0.1) is 11.6 Å². The van der Waals surface area contributed by atoms with Gasteiger partial charge >= 0.3 is 0 Å². The van der Waals surface area contributed by atoms with Gasteiger partial charge in [0.2, 0.25) is 0 Å². The Labute approximate surface area is 194 Å². The summed E-state index contributed by atoms with van der Waals surface area (Å²) >= 11 is 0. The monoisotopic (exact) mass is 449 g/mol. The molecule has 1 fully saturated rings. The Hall–Kier alpha value is -3.28. The molecule has 6 nitrogen and oxygen atoms in total. The minimum absolute atomic E-state index is 0.0201. The van der Waals surface area contributed by atoms with E-state index in [1.807, 2.05) is 31.2 Å². The first-order chi connectivity index (χ1) is 15.7. The molecule has 0 aromatic heterocycles. The van der Waals surface area contributed by atoms with E-state index in [-0.39, 0.29) is 16.7 Å². The highest BCUT2D eigenvalue weighted by molar-refractivity contribution is 6.46. The second-order valence-electron chi connectivity index (χ2n) is 9.58. The number of aliphatic hydroxyl groups excluding tert-OH is 1. The van der Waals surface area contributed by atoms with Crippen LogP contribution in [0.2, 0.25) is 0 Å². The van der Waals surface area contributed by atoms with Crippen LogP contribution in [0.1, 0.15) is 63.3 Å². The van der Waals surface area contributed by atoms with Gasteiger partial charge in [-0.1, -0.05) is 58.4 Å². The van der Waals surface area contributed by atoms with Crippen LogP contribution >= 0.6 is 0 Å². The van der Waals surface area contributed by atoms with Crippen LogP contribution in [0.15, 0.2) is 48.0 Å². The van der Waals surface area contributed by atoms with Crippen molar-refractivity contribution in [2.24, 2.45) is 0 Å². The first kappa shape index (κ1) is 22.9. The molecule has 1 amide bonds. The van der Waals surface area contributed by atoms with Crippen molar-refractivity contribution in [1.29, 1.82) is 0 Å². The SMILES string of the molecule is CCCCN1C(=O)C(=O)/C(=C(\O)c2ccc3c(c2)OCCO3)C1c1ccc(C(C)(C)C)cc1. The summed E-state index contributed by atoms with van der Waals surface area (Å²) in [4.78, 5) is 27.7. The van der Waals surface area contributed by atoms with E-state index >= 15 is 0 Å². The quantitative estimate of drug-likeness (QED) is 0.396. The number of hydrogen-bond donors (Lipinski definition) is 1. The molecular formula is C27H31NO5. The fraction of sp³-hybridized carbons (Fsp3) is 0.407. The Morgan fingerprint density at radius 3 is 2.33 bits per heavy atom. The Bertz CT molecular complexity index is 1090. The summed E-state index contributed by atoms with van der Waals surface area (Å²) in [6.07, 6.45) is 1.66. The third-order valence-corrected chi connectivity index (χ3v) is 6.20. The van der Waals surface area contributed by atoms with Gasteiger partial charge in [-0.2, -0.15) is 0 Å². The van der Waals surface area contributed by atoms with Crippen LogP contribution in [0.3, 0.4) is 0 Å². The Morgan fingerprint density at radius 2 is 1.70 bits per heavy atom. The molecule has 2 heterocycles. The second kappa shape index (κ2) is 8.93. The van der Waals surface area contributed by atoms with Crippen molar-refractivity contribution in [2.75, 3.05) is 19.8 Å². The number of carbonyl (C=O) groups excluding carboxylic acids is 2. The van der Waals surface area contributed by atoms with E-state index in [1.54, 1.807) is 23.1 Å². The van der Waals surface area contributed by atoms with Crippen molar-refractivity contribution in [3.8, 4) is 11.5 Å². The molecular weight excluding hydrogens is 418 g/mol. The van der Waals surface area contributed by atoms with Gasteiger partial charge in [0.1, 0.15) is 19.0 Å². The molecule has 0 spiro atoms. The van der Waals surface area contributed by atoms with Crippen molar-refractivity contribution in [3.63, 3.8) is 0 Å². The van der Waals surface area contributed by atoms with Crippen molar-refractivity contribution < 1.29 is 24.2 Å². The first-order valence-corrected chi connectivity index (χ1v) is 11.5. The lowest BCUT2D eigenvalue weighted by Crippen LogP contribution is -2.30. The molecule has 174 valence electrons. The lowest BCUT2D eigenvalue weighted by molar-refractivity contribution is -0.139. The number of aliphatic hydroxyl groups is 1. The molecule has 1 N–H and O–H groups in total. The average Bonchev–Trinajstić information content (AvgIpc) is 3.06. The van der Waals surface area contributed by atoms with E-state index < -0.39 is 17.7 Å². The third-order valence-electron chi connectivity index (χ3n) is 6.20. The van der Waals surface area contributed by atoms with E-state index in [0.29, 0.717) is 36.8 Å². The topological polar surface area (TPSA) is 76.1 Å². The summed E-state index contributed by atoms with van der Waals surface area (Å²) in [5, 5.41) is 11.3. The number of amides is 1. The highest BCUT2D eigenvalue weighted by Gasteiger charge is 2.45. The first-order valence-electron chi connectivity index (χ1n) is 11.5. The summed E-state index contributed by atoms with van der Waals surface area (Å²) in [6.45, 7) is 9.78. The zero-order chi connectivity index (χ0) is 23.8. The van der Waals surface area contributed by atoms with E-state index in [9.17, 15) is 14.7 Å². The van der Waals surface area contributed by atoms with Gasteiger partial charge in [0.25, 0.3) is 11.7 Å². The molecule has 33 heavy (non-hydrogen) atoms. The normalized spacial score (nSPS) is 19.8. The van der Waals surface area contributed by atoms with Gasteiger partial charge in [0.15, 0.2) is 11.5 Å². The number of ketones is 1. The lowest BCUT2D eigenvalue weighted by atomic mass is 9.85. The molecule has 0 bridgehead atoms. The molecule has 2 aromatic carbocycles. The molecule has 0 aliphatic carbocycles. The van der Waals surface area contributed by atoms with E-state index in [1.165, 1.54) is 0 Å². The third kappa shape index (κ3) is 4.34. The van der Waals surface area contributed by atoms with Crippen LogP contribution in [0, 0.1) is 0 Å². The van der Waals surface area contributed by atoms with Crippen LogP contribution in [-0.2, 0) is 15.0 Å². The fourth-order valence-corrected chi connectivity index (χ4v) is 4.30. The maximum Gasteiger partial charge on any atom is 0.295 e. The van der Waals surface area contributed by atoms with Crippen molar-refractivity contribution in [3.05, 3.63) is 64.7 Å². The zero-order valence-electron chi connectivity index (χ0n) is 19.7. The summed E-state index contributed by atoms with van der Waals surface area (Å²) in [5.41, 5.74) is 2.47. The number of benzene rings is 2. The van der Waals surface area contributed by atoms with E-state index in [4.69, 9.17) is 9.47 Å². The van der Waals surface area contributed by atoms with Crippen molar-refractivity contribution >= 4 is 17.4 Å². The zero-order valence-corrected chi connectivity index (χ0v) is 19.7. The van der Waals surface area contributed by atoms with Gasteiger partial charge in [-0.25, -0.2) is 0 Å². The number of hydrogen-bond acceptors (Lipinski definition) is 5. The average molecular weight is 450 g/mol. The number of unbranched alkanes of at least 4 members (excludes halogenated alkanes) is 1. The van der Waals surface area contributed by atoms with Crippen LogP contribution in [0.4, 0.5) is 0 Å². The lowest BCUT2D eigenvalue weighted by Gasteiger charge is -2.26. The maximum absolute atomic E-state index is 13.1. The van der Waals surface area contributed by atoms with Gasteiger partial charge < -0.3 is 19.5 Å². The summed E-state index contributed by atoms with van der Waals surface area (Å²) in [7, 11) is 0. The molecule has 2 aromatic rings. The molecule has 6 heteroatoms. The van der Waals surface area contributed by atoms with Gasteiger partial charge in [-0.15, -0.1) is 0 Å². The molecule has 1 saturated heterocycles. The fourth-order valence-electron chi connectivity index (χ4n) is 4.30. The number of nitrogens with zero attached hydrogens (tertiary/aromatic N) is 1. The molecule has 0 saturated carbocycles. The Balaban J connectivity index is 1.81. The molecule has 2 aliphatic rings. The van der Waals surface area contributed by atoms with Crippen LogP contribution in [0.25, 0.3) is 5.76 Å². The minimum Gasteiger partial charge on any atom is -0.507 e. The van der Waals surface area contributed by atoms with Crippen LogP contribution < -0.4 is 9.47 Å². The Morgan fingerprint density at radius 1 is 1.03 bits per heavy atom. The number of rotatable bonds is 5. The molecule has 1 atom stereocenters. The largest absolute Gasteiger partial charge is 0.507 e. The predicted octanol–water partition coefficient (Wildman–Crippen LogP) is 4.98. The minimum atomic E-state index is -0.664. The number of Topliss-reactive ketones (excluding diaryl/α,β-unsaturated/α-hetero) is 1. The summed E-state index contributed by atoms with van der Waals surface area (Å²) in [6, 6.07) is 12.4. The van der Waals surface area contributed by atoms with Gasteiger partial charge in [0, 0.05) is 12.1 Å². The second-order valence-corrected chi connectivity index (χ2v) is 9.58. The maximum atomic E-state index is 13.1. The van der Waals surface area contributed by atoms with Gasteiger partial charge in [-0.3, -0.25) is 9.59 Å². The van der Waals surface area contributed by atoms with E-state index in [0.717, 1.165) is 24.0 Å². The van der Waals surface area contributed by atoms with Crippen molar-refractivity contribution in [1.82, 2.24) is 4.90 Å². The molecule has 0 radical (unpaired) electrons. The summed E-state index contributed by atoms with van der Waals surface area (Å²) in [5.74, 6) is -0.336. The number of carbonyl (C=O) groups is 2. The van der Waals surface area contributed by atoms with Crippen LogP contribution in [0.5, 0.6) is 11.5 Å². The number of fused-ring (bicyclic) bond motifs is 1. The van der Waals surface area contributed by atoms with E-state index in [2.05, 4.69) is 20.8 Å². The van der Waals surface area contributed by atoms with Crippen molar-refractivity contribution in [2.45, 2.75) is 52.0 Å². The predicted molar refractivity (Wildman–Crippen MR) is 126 cm³/mol. The molecule has 4 rings (SSSR count). The summed E-state index contributed by atoms with van der Waals surface area (Å²) < 4.78 is 11.2. The molecule has 2 aliphatic heterocycles. The Kier molecular flexibility index (Phi) is 6.19. The van der Waals surface area contributed by atoms with Gasteiger partial charge in [-0.05, 0) is 41.2 Å². The highest BCUT2D eigenvalue weighted by Crippen LogP contribution is 2.41. The molecule has 1 unspecified atom stereocenters. The smallest absolute Gasteiger partial charge is 0.295 e. The number of likely N-dealkylation sites (tertiary alicyclic amines) is 1. The number of ether oxygens (including phenoxy) is 2.